The van der Waals surface area contributed by atoms with Crippen LogP contribution in [-0.2, 0) is 14.9 Å². The van der Waals surface area contributed by atoms with Crippen LogP contribution in [-0.4, -0.2) is 12.1 Å². The lowest BCUT2D eigenvalue weighted by Gasteiger charge is -2.44. The Labute approximate surface area is 202 Å². The summed E-state index contributed by atoms with van der Waals surface area (Å²) in [5.41, 5.74) is 2.23. The number of hydrogen-bond acceptors (Lipinski definition) is 3. The van der Waals surface area contributed by atoms with Crippen molar-refractivity contribution in [2.45, 2.75) is 61.7 Å². The van der Waals surface area contributed by atoms with E-state index in [0.29, 0.717) is 5.92 Å². The molecule has 4 rings (SSSR count). The fourth-order valence-corrected chi connectivity index (χ4v) is 6.12. The average molecular weight is 459 g/mol. The van der Waals surface area contributed by atoms with Crippen molar-refractivity contribution in [3.05, 3.63) is 102 Å². The predicted molar refractivity (Wildman–Crippen MR) is 137 cm³/mol. The molecule has 1 saturated carbocycles. The Hall–Kier alpha value is -2.52. The van der Waals surface area contributed by atoms with E-state index in [1.165, 1.54) is 12.0 Å². The molecule has 1 fully saturated rings. The molecule has 1 aliphatic rings. The Morgan fingerprint density at radius 1 is 0.879 bits per heavy atom. The molecule has 3 aromatic carbocycles. The molecule has 172 valence electrons. The van der Waals surface area contributed by atoms with Gasteiger partial charge in [-0.05, 0) is 47.4 Å². The molecule has 3 aromatic rings. The first kappa shape index (κ1) is 23.6. The van der Waals surface area contributed by atoms with Gasteiger partial charge in [-0.25, -0.2) is 0 Å². The third kappa shape index (κ3) is 5.70. The maximum Gasteiger partial charge on any atom is 0.324 e. The summed E-state index contributed by atoms with van der Waals surface area (Å²) < 4.78 is 6.41. The van der Waals surface area contributed by atoms with E-state index >= 15 is 0 Å². The molecule has 0 spiro atoms. The van der Waals surface area contributed by atoms with Gasteiger partial charge in [-0.1, -0.05) is 106 Å². The van der Waals surface area contributed by atoms with E-state index in [-0.39, 0.29) is 28.7 Å². The van der Waals surface area contributed by atoms with Crippen LogP contribution in [0.15, 0.2) is 95.9 Å². The Morgan fingerprint density at radius 2 is 1.45 bits per heavy atom. The molecule has 0 heterocycles. The minimum absolute atomic E-state index is 0.0683. The van der Waals surface area contributed by atoms with Crippen molar-refractivity contribution >= 4 is 17.7 Å². The Bertz CT molecular complexity index is 1020. The summed E-state index contributed by atoms with van der Waals surface area (Å²) in [6.45, 7) is 6.88. The van der Waals surface area contributed by atoms with Gasteiger partial charge < -0.3 is 4.74 Å². The number of carbonyl (C=O) groups excluding carboxylic acids is 1. The smallest absolute Gasteiger partial charge is 0.324 e. The van der Waals surface area contributed by atoms with Crippen LogP contribution in [0.3, 0.4) is 0 Å². The van der Waals surface area contributed by atoms with Gasteiger partial charge >= 0.3 is 5.97 Å². The largest absolute Gasteiger partial charge is 0.461 e. The van der Waals surface area contributed by atoms with Gasteiger partial charge in [-0.3, -0.25) is 4.79 Å². The number of ether oxygens (including phenoxy) is 1. The van der Waals surface area contributed by atoms with Crippen LogP contribution in [0.1, 0.15) is 56.4 Å². The maximum atomic E-state index is 13.7. The highest BCUT2D eigenvalue weighted by Gasteiger charge is 2.42. The quantitative estimate of drug-likeness (QED) is 0.266. The fraction of sp³-hybridized carbons (Fsp3) is 0.367. The number of esters is 1. The minimum atomic E-state index is -0.383. The highest BCUT2D eigenvalue weighted by atomic mass is 32.2. The van der Waals surface area contributed by atoms with Crippen LogP contribution >= 0.6 is 11.8 Å². The van der Waals surface area contributed by atoms with Gasteiger partial charge in [-0.15, -0.1) is 11.8 Å². The zero-order valence-electron chi connectivity index (χ0n) is 19.8. The van der Waals surface area contributed by atoms with E-state index in [0.717, 1.165) is 23.3 Å². The van der Waals surface area contributed by atoms with Gasteiger partial charge in [0.25, 0.3) is 0 Å². The molecule has 0 radical (unpaired) electrons. The topological polar surface area (TPSA) is 26.3 Å². The molecule has 0 aliphatic heterocycles. The molecular weight excluding hydrogens is 424 g/mol. The predicted octanol–water partition coefficient (Wildman–Crippen LogP) is 7.85. The molecule has 0 N–H and O–H groups in total. The first-order valence-electron chi connectivity index (χ1n) is 12.0. The minimum Gasteiger partial charge on any atom is -0.461 e. The van der Waals surface area contributed by atoms with Gasteiger partial charge in [0, 0.05) is 10.8 Å². The van der Waals surface area contributed by atoms with E-state index in [1.807, 2.05) is 48.5 Å². The van der Waals surface area contributed by atoms with Crippen LogP contribution in [0.4, 0.5) is 0 Å². The Balaban J connectivity index is 1.59. The molecule has 0 bridgehead atoms. The summed E-state index contributed by atoms with van der Waals surface area (Å²) in [5, 5.41) is -0.383. The second-order valence-electron chi connectivity index (χ2n) is 9.81. The molecule has 1 aliphatic carbocycles. The van der Waals surface area contributed by atoms with Crippen LogP contribution in [0.2, 0.25) is 0 Å². The molecule has 0 amide bonds. The van der Waals surface area contributed by atoms with Crippen molar-refractivity contribution in [2.75, 3.05) is 0 Å². The van der Waals surface area contributed by atoms with Gasteiger partial charge in [0.05, 0.1) is 0 Å². The van der Waals surface area contributed by atoms with E-state index in [4.69, 9.17) is 4.74 Å². The molecule has 3 heteroatoms. The van der Waals surface area contributed by atoms with Gasteiger partial charge in [-0.2, -0.15) is 0 Å². The monoisotopic (exact) mass is 458 g/mol. The van der Waals surface area contributed by atoms with Crippen LogP contribution in [0.25, 0.3) is 0 Å². The summed E-state index contributed by atoms with van der Waals surface area (Å²) in [7, 11) is 0. The highest BCUT2D eigenvalue weighted by Crippen LogP contribution is 2.45. The zero-order chi connectivity index (χ0) is 23.3. The highest BCUT2D eigenvalue weighted by molar-refractivity contribution is 8.00. The lowest BCUT2D eigenvalue weighted by Crippen LogP contribution is -2.44. The summed E-state index contributed by atoms with van der Waals surface area (Å²) in [6, 6.07) is 30.8. The third-order valence-corrected chi connectivity index (χ3v) is 8.32. The second kappa shape index (κ2) is 10.6. The summed E-state index contributed by atoms with van der Waals surface area (Å²) in [4.78, 5) is 14.8. The van der Waals surface area contributed by atoms with Gasteiger partial charge in [0.2, 0.25) is 0 Å². The SMILES string of the molecule is C[C@@H]1CC[C@@H](C(C)(C)c2ccccc2)[C@H](OC(=O)[C@H](Sc2ccccc2)c2ccccc2)C1. The fourth-order valence-electron chi connectivity index (χ4n) is 5.09. The maximum absolute atomic E-state index is 13.7. The number of thioether (sulfide) groups is 1. The first-order chi connectivity index (χ1) is 15.9. The standard InChI is InChI=1S/C30H34O2S/c1-22-19-20-26(30(2,3)24-15-9-5-10-16-24)27(21-22)32-29(31)28(23-13-7-4-8-14-23)33-25-17-11-6-12-18-25/h4-18,22,26-28H,19-21H2,1-3H3/t22-,26-,27-,28-/m1/s1. The lowest BCUT2D eigenvalue weighted by molar-refractivity contribution is -0.156. The van der Waals surface area contributed by atoms with Crippen molar-refractivity contribution in [3.8, 4) is 0 Å². The van der Waals surface area contributed by atoms with E-state index in [1.54, 1.807) is 11.8 Å². The van der Waals surface area contributed by atoms with E-state index in [9.17, 15) is 4.79 Å². The Morgan fingerprint density at radius 3 is 2.09 bits per heavy atom. The first-order valence-corrected chi connectivity index (χ1v) is 12.9. The third-order valence-electron chi connectivity index (χ3n) is 7.08. The zero-order valence-corrected chi connectivity index (χ0v) is 20.6. The average Bonchev–Trinajstić information content (AvgIpc) is 2.84. The van der Waals surface area contributed by atoms with Crippen molar-refractivity contribution in [1.29, 1.82) is 0 Å². The number of rotatable bonds is 7. The molecule has 2 nitrogen and oxygen atoms in total. The Kier molecular flexibility index (Phi) is 7.60. The number of benzene rings is 3. The van der Waals surface area contributed by atoms with Crippen molar-refractivity contribution in [3.63, 3.8) is 0 Å². The summed E-state index contributed by atoms with van der Waals surface area (Å²) in [6.07, 6.45) is 3.09. The normalized spacial score (nSPS) is 21.8. The van der Waals surface area contributed by atoms with Crippen LogP contribution in [0.5, 0.6) is 0 Å². The van der Waals surface area contributed by atoms with Gasteiger partial charge in [0.1, 0.15) is 11.4 Å². The number of hydrogen-bond donors (Lipinski definition) is 0. The molecule has 0 aromatic heterocycles. The summed E-state index contributed by atoms with van der Waals surface area (Å²) >= 11 is 1.57. The molecule has 4 atom stereocenters. The molecular formula is C30H34O2S. The van der Waals surface area contributed by atoms with Gasteiger partial charge in [0.15, 0.2) is 0 Å². The lowest BCUT2D eigenvalue weighted by atomic mass is 9.64. The van der Waals surface area contributed by atoms with Crippen LogP contribution < -0.4 is 0 Å². The van der Waals surface area contributed by atoms with Crippen molar-refractivity contribution in [2.24, 2.45) is 11.8 Å². The molecule has 33 heavy (non-hydrogen) atoms. The molecule has 0 unspecified atom stereocenters. The van der Waals surface area contributed by atoms with Crippen LogP contribution in [0, 0.1) is 11.8 Å². The number of carbonyl (C=O) groups is 1. The second-order valence-corrected chi connectivity index (χ2v) is 11.0. The summed E-state index contributed by atoms with van der Waals surface area (Å²) in [5.74, 6) is 0.712. The van der Waals surface area contributed by atoms with Crippen molar-refractivity contribution in [1.82, 2.24) is 0 Å². The van der Waals surface area contributed by atoms with E-state index in [2.05, 4.69) is 63.2 Å². The van der Waals surface area contributed by atoms with Crippen molar-refractivity contribution < 1.29 is 9.53 Å². The van der Waals surface area contributed by atoms with E-state index < -0.39 is 0 Å². The molecule has 0 saturated heterocycles.